The lowest BCUT2D eigenvalue weighted by Crippen LogP contribution is -1.85. The Kier molecular flexibility index (Phi) is 3.68. The van der Waals surface area contributed by atoms with Crippen molar-refractivity contribution >= 4 is 34.0 Å². The normalized spacial score (nSPS) is 8.60. The van der Waals surface area contributed by atoms with Crippen molar-refractivity contribution in [2.24, 2.45) is 0 Å². The number of nitrogens with two attached hydrogens (primary N) is 1. The van der Waals surface area contributed by atoms with Crippen LogP contribution < -0.4 is 5.73 Å². The van der Waals surface area contributed by atoms with Crippen LogP contribution in [0.3, 0.4) is 0 Å². The maximum Gasteiger partial charge on any atom is 0.124 e. The Labute approximate surface area is 73.0 Å². The first kappa shape index (κ1) is 9.72. The van der Waals surface area contributed by atoms with Crippen LogP contribution in [0.15, 0.2) is 22.7 Å². The molecule has 0 saturated heterocycles. The fourth-order valence-electron chi connectivity index (χ4n) is 0.502. The Morgan fingerprint density at radius 2 is 2.00 bits per heavy atom. The summed E-state index contributed by atoms with van der Waals surface area (Å²) in [5.41, 5.74) is 5.93. The molecule has 2 N–H and O–H groups in total. The number of benzene rings is 1. The summed E-state index contributed by atoms with van der Waals surface area (Å²) in [5.74, 6) is -0.281. The van der Waals surface area contributed by atoms with Crippen LogP contribution in [0, 0.1) is 5.82 Å². The first-order valence-corrected chi connectivity index (χ1v) is 3.20. The molecule has 0 aliphatic rings. The van der Waals surface area contributed by atoms with Crippen LogP contribution in [0.2, 0.25) is 0 Å². The molecule has 1 aromatic carbocycles. The average Bonchev–Trinajstić information content (AvgIpc) is 1.80. The number of anilines is 1. The lowest BCUT2D eigenvalue weighted by Gasteiger charge is -1.94. The van der Waals surface area contributed by atoms with E-state index in [1.807, 2.05) is 0 Å². The lowest BCUT2D eigenvalue weighted by molar-refractivity contribution is 0.627. The summed E-state index contributed by atoms with van der Waals surface area (Å²) in [6.45, 7) is 0. The summed E-state index contributed by atoms with van der Waals surface area (Å²) < 4.78 is 12.9. The molecule has 0 heterocycles. The number of nitrogen functional groups attached to an aromatic ring is 1. The topological polar surface area (TPSA) is 26.0 Å². The van der Waals surface area contributed by atoms with Crippen LogP contribution in [-0.2, 0) is 0 Å². The van der Waals surface area contributed by atoms with Crippen LogP contribution in [-0.4, -0.2) is 0 Å². The summed E-state index contributed by atoms with van der Waals surface area (Å²) in [7, 11) is 0. The van der Waals surface area contributed by atoms with Gasteiger partial charge >= 0.3 is 0 Å². The lowest BCUT2D eigenvalue weighted by atomic mass is 10.3. The van der Waals surface area contributed by atoms with Gasteiger partial charge in [-0.05, 0) is 34.1 Å². The highest BCUT2D eigenvalue weighted by Crippen LogP contribution is 2.18. The van der Waals surface area contributed by atoms with Crippen molar-refractivity contribution in [2.75, 3.05) is 5.73 Å². The van der Waals surface area contributed by atoms with Gasteiger partial charge in [-0.15, -0.1) is 12.4 Å². The number of rotatable bonds is 0. The van der Waals surface area contributed by atoms with Crippen LogP contribution in [0.4, 0.5) is 10.1 Å². The van der Waals surface area contributed by atoms with Crippen molar-refractivity contribution in [3.05, 3.63) is 28.5 Å². The fourth-order valence-corrected chi connectivity index (χ4v) is 0.852. The van der Waals surface area contributed by atoms with Crippen molar-refractivity contribution in [3.8, 4) is 0 Å². The van der Waals surface area contributed by atoms with Crippen LogP contribution in [0.5, 0.6) is 0 Å². The van der Waals surface area contributed by atoms with Crippen LogP contribution in [0.25, 0.3) is 0 Å². The molecule has 10 heavy (non-hydrogen) atoms. The molecule has 1 rings (SSSR count). The first-order chi connectivity index (χ1) is 4.20. The van der Waals surface area contributed by atoms with Gasteiger partial charge in [-0.25, -0.2) is 4.39 Å². The van der Waals surface area contributed by atoms with E-state index in [4.69, 9.17) is 5.73 Å². The maximum absolute atomic E-state index is 12.3. The summed E-state index contributed by atoms with van der Waals surface area (Å²) >= 11 is 3.08. The van der Waals surface area contributed by atoms with Crippen LogP contribution in [0.1, 0.15) is 0 Å². The second kappa shape index (κ2) is 3.78. The average molecular weight is 226 g/mol. The molecule has 1 nitrogen and oxygen atoms in total. The zero-order valence-electron chi connectivity index (χ0n) is 4.97. The highest BCUT2D eigenvalue weighted by atomic mass is 79.9. The largest absolute Gasteiger partial charge is 0.398 e. The van der Waals surface area contributed by atoms with E-state index in [2.05, 4.69) is 15.9 Å². The molecule has 0 atom stereocenters. The van der Waals surface area contributed by atoms with Crippen molar-refractivity contribution in [3.63, 3.8) is 0 Å². The maximum atomic E-state index is 12.3. The summed E-state index contributed by atoms with van der Waals surface area (Å²) in [6.07, 6.45) is 0. The minimum atomic E-state index is -0.281. The van der Waals surface area contributed by atoms with E-state index in [9.17, 15) is 4.39 Å². The van der Waals surface area contributed by atoms with Gasteiger partial charge in [0.1, 0.15) is 5.82 Å². The molecule has 4 heteroatoms. The third kappa shape index (κ3) is 2.15. The summed E-state index contributed by atoms with van der Waals surface area (Å²) in [6, 6.07) is 4.16. The van der Waals surface area contributed by atoms with Gasteiger partial charge in [0.25, 0.3) is 0 Å². The molecule has 56 valence electrons. The van der Waals surface area contributed by atoms with E-state index in [1.54, 1.807) is 0 Å². The van der Waals surface area contributed by atoms with E-state index in [1.165, 1.54) is 18.2 Å². The standard InChI is InChI=1S/C6H5BrFN.ClH/c7-5-3-4(8)1-2-6(5)9;/h1-3H,9H2;1H. The Bertz CT molecular complexity index is 229. The van der Waals surface area contributed by atoms with Crippen molar-refractivity contribution in [1.82, 2.24) is 0 Å². The zero-order chi connectivity index (χ0) is 6.85. The first-order valence-electron chi connectivity index (χ1n) is 2.40. The SMILES string of the molecule is Cl.Nc1ccc(F)cc1Br. The Morgan fingerprint density at radius 3 is 2.40 bits per heavy atom. The van der Waals surface area contributed by atoms with E-state index in [0.29, 0.717) is 10.2 Å². The van der Waals surface area contributed by atoms with Gasteiger partial charge in [-0.2, -0.15) is 0 Å². The number of hydrogen-bond acceptors (Lipinski definition) is 1. The van der Waals surface area contributed by atoms with Gasteiger partial charge in [0.2, 0.25) is 0 Å². The Balaban J connectivity index is 0.000000810. The monoisotopic (exact) mass is 225 g/mol. The Hall–Kier alpha value is -0.280. The van der Waals surface area contributed by atoms with Crippen molar-refractivity contribution in [1.29, 1.82) is 0 Å². The third-order valence-corrected chi connectivity index (χ3v) is 1.65. The van der Waals surface area contributed by atoms with Gasteiger partial charge in [-0.1, -0.05) is 0 Å². The second-order valence-corrected chi connectivity index (χ2v) is 2.52. The number of hydrogen-bond donors (Lipinski definition) is 1. The van der Waals surface area contributed by atoms with Gasteiger partial charge in [0, 0.05) is 10.2 Å². The molecule has 0 aliphatic carbocycles. The van der Waals surface area contributed by atoms with E-state index in [0.717, 1.165) is 0 Å². The molecule has 0 aliphatic heterocycles. The summed E-state index contributed by atoms with van der Waals surface area (Å²) in [4.78, 5) is 0. The molecule has 0 aromatic heterocycles. The predicted molar refractivity (Wildman–Crippen MR) is 45.8 cm³/mol. The molecule has 0 amide bonds. The van der Waals surface area contributed by atoms with Gasteiger partial charge in [0.05, 0.1) is 0 Å². The highest BCUT2D eigenvalue weighted by molar-refractivity contribution is 9.10. The minimum Gasteiger partial charge on any atom is -0.398 e. The second-order valence-electron chi connectivity index (χ2n) is 1.67. The predicted octanol–water partition coefficient (Wildman–Crippen LogP) is 2.59. The van der Waals surface area contributed by atoms with E-state index < -0.39 is 0 Å². The molecule has 0 radical (unpaired) electrons. The minimum absolute atomic E-state index is 0. The third-order valence-electron chi connectivity index (χ3n) is 0.962. The molecule has 0 spiro atoms. The molecule has 0 unspecified atom stereocenters. The Morgan fingerprint density at radius 1 is 1.40 bits per heavy atom. The van der Waals surface area contributed by atoms with Crippen molar-refractivity contribution in [2.45, 2.75) is 0 Å². The van der Waals surface area contributed by atoms with Crippen molar-refractivity contribution < 1.29 is 4.39 Å². The smallest absolute Gasteiger partial charge is 0.124 e. The molecular weight excluding hydrogens is 220 g/mol. The highest BCUT2D eigenvalue weighted by Gasteiger charge is 1.94. The molecule has 1 aromatic rings. The quantitative estimate of drug-likeness (QED) is 0.676. The van der Waals surface area contributed by atoms with E-state index in [-0.39, 0.29) is 18.2 Å². The van der Waals surface area contributed by atoms with Gasteiger partial charge < -0.3 is 5.73 Å². The van der Waals surface area contributed by atoms with Gasteiger partial charge in [0.15, 0.2) is 0 Å². The fraction of sp³-hybridized carbons (Fsp3) is 0. The van der Waals surface area contributed by atoms with Crippen LogP contribution >= 0.6 is 28.3 Å². The number of halogens is 3. The zero-order valence-corrected chi connectivity index (χ0v) is 7.38. The molecule has 0 saturated carbocycles. The molecule has 0 bridgehead atoms. The van der Waals surface area contributed by atoms with Gasteiger partial charge in [-0.3, -0.25) is 0 Å². The molecular formula is C6H6BrClFN. The van der Waals surface area contributed by atoms with E-state index >= 15 is 0 Å². The summed E-state index contributed by atoms with van der Waals surface area (Å²) in [5, 5.41) is 0. The molecule has 0 fully saturated rings.